The van der Waals surface area contributed by atoms with Crippen LogP contribution in [0.4, 0.5) is 13.9 Å². The molecule has 45 heavy (non-hydrogen) atoms. The topological polar surface area (TPSA) is 155 Å². The van der Waals surface area contributed by atoms with Crippen molar-refractivity contribution in [3.8, 4) is 11.5 Å². The van der Waals surface area contributed by atoms with Crippen LogP contribution in [0.3, 0.4) is 0 Å². The number of carboxylic acids is 1. The normalized spacial score (nSPS) is 14.0. The fourth-order valence-corrected chi connectivity index (χ4v) is 5.83. The summed E-state index contributed by atoms with van der Waals surface area (Å²) in [5, 5.41) is 29.0. The monoisotopic (exact) mass is 652 g/mol. The Morgan fingerprint density at radius 1 is 1.11 bits per heavy atom. The van der Waals surface area contributed by atoms with Crippen molar-refractivity contribution >= 4 is 38.2 Å². The summed E-state index contributed by atoms with van der Waals surface area (Å²) in [4.78, 5) is 15.6. The zero-order chi connectivity index (χ0) is 32.4. The summed E-state index contributed by atoms with van der Waals surface area (Å²) < 4.78 is 56.8. The van der Waals surface area contributed by atoms with Crippen molar-refractivity contribution in [1.29, 1.82) is 5.41 Å². The summed E-state index contributed by atoms with van der Waals surface area (Å²) in [6, 6.07) is 18.4. The van der Waals surface area contributed by atoms with Gasteiger partial charge in [0, 0.05) is 41.1 Å². The molecule has 13 heteroatoms. The molecule has 1 aliphatic carbocycles. The van der Waals surface area contributed by atoms with E-state index in [-0.39, 0.29) is 28.3 Å². The summed E-state index contributed by atoms with van der Waals surface area (Å²) in [5.41, 5.74) is 2.47. The lowest BCUT2D eigenvalue weighted by Gasteiger charge is -2.19. The summed E-state index contributed by atoms with van der Waals surface area (Å²) in [7, 11) is -3.89. The molecule has 1 fully saturated rings. The lowest BCUT2D eigenvalue weighted by atomic mass is 9.92. The Hall–Kier alpha value is -4.46. The average molecular weight is 653 g/mol. The third-order valence-corrected chi connectivity index (χ3v) is 8.88. The Labute approximate surface area is 263 Å². The quantitative estimate of drug-likeness (QED) is 0.112. The molecule has 5 N–H and O–H groups in total. The predicted octanol–water partition coefficient (Wildman–Crippen LogP) is 7.17. The first-order valence-electron chi connectivity index (χ1n) is 13.9. The number of alkyl halides is 2. The first kappa shape index (κ1) is 31.9. The van der Waals surface area contributed by atoms with Gasteiger partial charge in [0.15, 0.2) is 10.8 Å². The molecule has 234 valence electrons. The number of halogens is 2. The summed E-state index contributed by atoms with van der Waals surface area (Å²) in [5.74, 6) is -2.99. The highest BCUT2D eigenvalue weighted by atomic mass is 32.2. The van der Waals surface area contributed by atoms with Crippen LogP contribution in [-0.2, 0) is 22.4 Å². The van der Waals surface area contributed by atoms with Crippen molar-refractivity contribution in [2.24, 2.45) is 11.1 Å². The summed E-state index contributed by atoms with van der Waals surface area (Å²) in [6.45, 7) is 0.823. The minimum absolute atomic E-state index is 0.0345. The maximum atomic E-state index is 13.6. The standard InChI is InChI=1S/C32H30F2N4O5S2/c1-32(33,34)22-9-11-23(12-10-22)43-24-4-2-3-21(17-24)29(35)26(15-19-7-13-25(14-8-19)45(36,41)42)27(16-20-5-6-20)37-31-38-28(18-44-31)30(39)40/h2-4,7-14,17-18,20,35H,5-6,15-16H2,1H3,(H,37,38)(H,39,40)(H2,36,41,42)/b27-26-,35-29?. The number of rotatable bonds is 13. The number of ether oxygens (including phenoxy) is 1. The molecular weight excluding hydrogens is 623 g/mol. The van der Waals surface area contributed by atoms with E-state index in [2.05, 4.69) is 10.3 Å². The number of primary sulfonamides is 1. The van der Waals surface area contributed by atoms with Crippen molar-refractivity contribution in [3.05, 3.63) is 112 Å². The van der Waals surface area contributed by atoms with Gasteiger partial charge in [-0.1, -0.05) is 24.3 Å². The number of anilines is 1. The van der Waals surface area contributed by atoms with Gasteiger partial charge in [0.05, 0.1) is 10.6 Å². The molecule has 0 spiro atoms. The van der Waals surface area contributed by atoms with Gasteiger partial charge in [-0.05, 0) is 79.3 Å². The number of carbonyl (C=O) groups is 1. The number of aromatic nitrogens is 1. The molecule has 1 saturated carbocycles. The number of sulfonamides is 1. The number of benzene rings is 3. The molecule has 1 aromatic heterocycles. The van der Waals surface area contributed by atoms with Crippen LogP contribution < -0.4 is 15.2 Å². The van der Waals surface area contributed by atoms with Crippen molar-refractivity contribution in [2.45, 2.75) is 43.4 Å². The van der Waals surface area contributed by atoms with Crippen LogP contribution in [-0.4, -0.2) is 30.2 Å². The zero-order valence-corrected chi connectivity index (χ0v) is 25.7. The van der Waals surface area contributed by atoms with E-state index in [1.54, 1.807) is 36.4 Å². The SMILES string of the molecule is CC(F)(F)c1ccc(Oc2cccc(C(=N)/C(Cc3ccc(S(N)(=O)=O)cc3)=C(/CC3CC3)Nc3nc(C(=O)O)cs3)c2)cc1. The molecule has 4 aromatic rings. The molecule has 0 atom stereocenters. The number of nitrogens with one attached hydrogen (secondary N) is 2. The maximum Gasteiger partial charge on any atom is 0.355 e. The van der Waals surface area contributed by atoms with Crippen LogP contribution in [0.15, 0.2) is 94.3 Å². The largest absolute Gasteiger partial charge is 0.476 e. The van der Waals surface area contributed by atoms with Crippen LogP contribution in [0.5, 0.6) is 11.5 Å². The first-order chi connectivity index (χ1) is 21.3. The average Bonchev–Trinajstić information content (AvgIpc) is 3.68. The van der Waals surface area contributed by atoms with Crippen molar-refractivity contribution in [2.75, 3.05) is 5.32 Å². The van der Waals surface area contributed by atoms with E-state index in [4.69, 9.17) is 9.88 Å². The minimum atomic E-state index is -3.89. The van der Waals surface area contributed by atoms with Crippen molar-refractivity contribution < 1.29 is 31.8 Å². The van der Waals surface area contributed by atoms with Crippen molar-refractivity contribution in [1.82, 2.24) is 4.98 Å². The Balaban J connectivity index is 1.50. The lowest BCUT2D eigenvalue weighted by Crippen LogP contribution is -2.15. The van der Waals surface area contributed by atoms with Gasteiger partial charge in [-0.15, -0.1) is 11.3 Å². The van der Waals surface area contributed by atoms with Crippen LogP contribution in [0.1, 0.15) is 53.4 Å². The van der Waals surface area contributed by atoms with Crippen LogP contribution in [0.2, 0.25) is 0 Å². The molecule has 1 heterocycles. The number of hydrogen-bond acceptors (Lipinski definition) is 8. The second kappa shape index (κ2) is 12.9. The molecule has 0 bridgehead atoms. The molecule has 0 aliphatic heterocycles. The van der Waals surface area contributed by atoms with Gasteiger partial charge in [0.2, 0.25) is 10.0 Å². The number of aromatic carboxylic acids is 1. The van der Waals surface area contributed by atoms with Gasteiger partial charge in [-0.2, -0.15) is 0 Å². The first-order valence-corrected chi connectivity index (χ1v) is 16.3. The molecule has 5 rings (SSSR count). The summed E-state index contributed by atoms with van der Waals surface area (Å²) >= 11 is 1.14. The number of allylic oxidation sites excluding steroid dienone is 2. The number of hydrogen-bond donors (Lipinski definition) is 4. The predicted molar refractivity (Wildman–Crippen MR) is 168 cm³/mol. The number of nitrogens with two attached hydrogens (primary N) is 1. The fourth-order valence-electron chi connectivity index (χ4n) is 4.61. The van der Waals surface area contributed by atoms with Gasteiger partial charge < -0.3 is 15.2 Å². The number of thiazole rings is 1. The lowest BCUT2D eigenvalue weighted by molar-refractivity contribution is 0.0174. The third-order valence-electron chi connectivity index (χ3n) is 7.19. The molecular formula is C32H30F2N4O5S2. The highest BCUT2D eigenvalue weighted by Crippen LogP contribution is 2.38. The summed E-state index contributed by atoms with van der Waals surface area (Å²) in [6.07, 6.45) is 2.87. The second-order valence-electron chi connectivity index (χ2n) is 10.9. The van der Waals surface area contributed by atoms with Crippen LogP contribution in [0.25, 0.3) is 0 Å². The highest BCUT2D eigenvalue weighted by Gasteiger charge is 2.27. The van der Waals surface area contributed by atoms with E-state index in [1.807, 2.05) is 0 Å². The smallest absolute Gasteiger partial charge is 0.355 e. The second-order valence-corrected chi connectivity index (χ2v) is 13.3. The minimum Gasteiger partial charge on any atom is -0.476 e. The van der Waals surface area contributed by atoms with E-state index >= 15 is 0 Å². The van der Waals surface area contributed by atoms with Gasteiger partial charge in [-0.25, -0.2) is 32.1 Å². The molecule has 0 unspecified atom stereocenters. The van der Waals surface area contributed by atoms with E-state index in [0.29, 0.717) is 45.8 Å². The molecule has 0 saturated heterocycles. The fraction of sp³-hybridized carbons (Fsp3) is 0.219. The number of carboxylic acid groups (broad SMARTS) is 1. The Bertz CT molecular complexity index is 1860. The van der Waals surface area contributed by atoms with E-state index in [0.717, 1.165) is 36.7 Å². The zero-order valence-electron chi connectivity index (χ0n) is 24.1. The Kier molecular flexibility index (Phi) is 9.14. The molecule has 1 aliphatic rings. The van der Waals surface area contributed by atoms with Gasteiger partial charge in [0.1, 0.15) is 11.5 Å². The van der Waals surface area contributed by atoms with Gasteiger partial charge in [-0.3, -0.25) is 5.41 Å². The number of nitrogens with zero attached hydrogens (tertiary/aromatic N) is 1. The van der Waals surface area contributed by atoms with Crippen molar-refractivity contribution in [3.63, 3.8) is 0 Å². The van der Waals surface area contributed by atoms with E-state index < -0.39 is 21.9 Å². The Morgan fingerprint density at radius 3 is 2.38 bits per heavy atom. The molecule has 9 nitrogen and oxygen atoms in total. The highest BCUT2D eigenvalue weighted by molar-refractivity contribution is 7.89. The molecule has 0 radical (unpaired) electrons. The van der Waals surface area contributed by atoms with E-state index in [9.17, 15) is 32.5 Å². The van der Waals surface area contributed by atoms with Gasteiger partial charge in [0.25, 0.3) is 5.92 Å². The third kappa shape index (κ3) is 8.38. The van der Waals surface area contributed by atoms with Crippen LogP contribution >= 0.6 is 11.3 Å². The maximum absolute atomic E-state index is 13.6. The van der Waals surface area contributed by atoms with Gasteiger partial charge >= 0.3 is 5.97 Å². The molecule has 3 aromatic carbocycles. The molecule has 0 amide bonds. The van der Waals surface area contributed by atoms with Crippen LogP contribution in [0, 0.1) is 11.3 Å². The van der Waals surface area contributed by atoms with E-state index in [1.165, 1.54) is 41.8 Å². The Morgan fingerprint density at radius 2 is 1.80 bits per heavy atom.